The number of nitrogens with zero attached hydrogens (tertiary/aromatic N) is 1. The second-order valence-electron chi connectivity index (χ2n) is 19.6. The molecule has 5 aliphatic carbocycles. The van der Waals surface area contributed by atoms with Gasteiger partial charge in [0.15, 0.2) is 5.78 Å². The summed E-state index contributed by atoms with van der Waals surface area (Å²) in [5, 5.41) is 58.5. The quantitative estimate of drug-likeness (QED) is 0.204. The van der Waals surface area contributed by atoms with Crippen LogP contribution in [-0.2, 0) is 20.7 Å². The highest BCUT2D eigenvalue weighted by molar-refractivity contribution is 6.00. The fraction of sp³-hybridized carbons (Fsp3) is 0.773. The highest BCUT2D eigenvalue weighted by Gasteiger charge is 2.72. The van der Waals surface area contributed by atoms with Crippen LogP contribution in [0.15, 0.2) is 29.8 Å². The first-order valence-corrected chi connectivity index (χ1v) is 20.8. The van der Waals surface area contributed by atoms with E-state index in [1.807, 2.05) is 17.9 Å². The van der Waals surface area contributed by atoms with Crippen LogP contribution < -0.4 is 4.90 Å². The number of aromatic hydroxyl groups is 1. The second-order valence-corrected chi connectivity index (χ2v) is 19.6. The summed E-state index contributed by atoms with van der Waals surface area (Å²) in [6.07, 6.45) is 9.23. The summed E-state index contributed by atoms with van der Waals surface area (Å²) >= 11 is 0. The van der Waals surface area contributed by atoms with Gasteiger partial charge in [-0.2, -0.15) is 0 Å². The Morgan fingerprint density at radius 3 is 2.42 bits per heavy atom. The maximum Gasteiger partial charge on any atom is 0.233 e. The lowest BCUT2D eigenvalue weighted by Gasteiger charge is -2.61. The fourth-order valence-electron chi connectivity index (χ4n) is 13.2. The van der Waals surface area contributed by atoms with Crippen LogP contribution >= 0.6 is 0 Å². The third kappa shape index (κ3) is 5.63. The zero-order chi connectivity index (χ0) is 37.9. The van der Waals surface area contributed by atoms with Gasteiger partial charge in [0.2, 0.25) is 5.91 Å². The molecule has 0 radical (unpaired) electrons. The zero-order valence-corrected chi connectivity index (χ0v) is 32.5. The van der Waals surface area contributed by atoms with E-state index in [9.17, 15) is 35.1 Å². The number of hydrogen-bond donors (Lipinski definition) is 5. The molecule has 1 aromatic rings. The van der Waals surface area contributed by atoms with Crippen LogP contribution in [0.1, 0.15) is 124 Å². The Labute approximate surface area is 315 Å². The van der Waals surface area contributed by atoms with Crippen LogP contribution in [0.3, 0.4) is 0 Å². The first kappa shape index (κ1) is 37.6. The van der Waals surface area contributed by atoms with E-state index in [1.54, 1.807) is 18.2 Å². The number of hydrogen-bond acceptors (Lipinski definition) is 8. The van der Waals surface area contributed by atoms with Crippen LogP contribution in [0.25, 0.3) is 0 Å². The van der Waals surface area contributed by atoms with E-state index in [1.165, 1.54) is 6.42 Å². The number of aliphatic hydroxyl groups is 4. The van der Waals surface area contributed by atoms with Crippen molar-refractivity contribution < 1.29 is 39.9 Å². The number of ketones is 1. The third-order valence-electron chi connectivity index (χ3n) is 16.7. The van der Waals surface area contributed by atoms with Crippen molar-refractivity contribution in [2.45, 2.75) is 160 Å². The van der Waals surface area contributed by atoms with Gasteiger partial charge in [0.05, 0.1) is 34.9 Å². The van der Waals surface area contributed by atoms with Crippen molar-refractivity contribution in [3.63, 3.8) is 0 Å². The Bertz CT molecular complexity index is 1660. The number of aliphatic hydroxyl groups excluding tert-OH is 2. The van der Waals surface area contributed by atoms with Gasteiger partial charge in [-0.15, -0.1) is 0 Å². The van der Waals surface area contributed by atoms with Gasteiger partial charge in [-0.05, 0) is 136 Å². The molecule has 0 bridgehead atoms. The number of carbonyl (C=O) groups excluding carboxylic acids is 2. The van der Waals surface area contributed by atoms with Crippen molar-refractivity contribution in [3.05, 3.63) is 35.4 Å². The molecule has 12 atom stereocenters. The lowest BCUT2D eigenvalue weighted by atomic mass is 9.44. The Morgan fingerprint density at radius 1 is 0.962 bits per heavy atom. The summed E-state index contributed by atoms with van der Waals surface area (Å²) in [7, 11) is 0. The van der Waals surface area contributed by atoms with Gasteiger partial charge >= 0.3 is 0 Å². The normalized spacial score (nSPS) is 42.2. The molecule has 4 saturated carbocycles. The van der Waals surface area contributed by atoms with Crippen molar-refractivity contribution in [1.82, 2.24) is 0 Å². The number of carbonyl (C=O) groups is 2. The van der Waals surface area contributed by atoms with Gasteiger partial charge in [0.1, 0.15) is 11.9 Å². The number of benzene rings is 1. The minimum Gasteiger partial charge on any atom is -0.508 e. The van der Waals surface area contributed by atoms with Gasteiger partial charge in [-0.3, -0.25) is 9.59 Å². The monoisotopic (exact) mass is 733 g/mol. The summed E-state index contributed by atoms with van der Waals surface area (Å²) in [6.45, 7) is 11.1. The third-order valence-corrected chi connectivity index (χ3v) is 16.7. The van der Waals surface area contributed by atoms with Crippen molar-refractivity contribution in [1.29, 1.82) is 0 Å². The summed E-state index contributed by atoms with van der Waals surface area (Å²) in [6, 6.07) is 5.48. The SMILES string of the molecule is CC(C)[C@@H](C)[C@H]1O[C@H]1[C@](C)(O)[C@@H]1CC[C@]2(O)C3=CC(=O)[C@H]4C[C@@H](O)[C@@H](O)C[C@]4(C)[C@@H]3CC[C@]12CCc1cc(O)cc(N2CCC3(CCCCC3)C2=O)c1. The molecule has 1 amide bonds. The van der Waals surface area contributed by atoms with Gasteiger partial charge < -0.3 is 35.2 Å². The number of allylic oxidation sites excluding steroid dienone is 1. The predicted molar refractivity (Wildman–Crippen MR) is 201 cm³/mol. The largest absolute Gasteiger partial charge is 0.508 e. The number of phenolic OH excluding ortho intramolecular Hbond substituents is 1. The van der Waals surface area contributed by atoms with E-state index < -0.39 is 40.2 Å². The maximum atomic E-state index is 14.0. The highest BCUT2D eigenvalue weighted by Crippen LogP contribution is 2.71. The molecule has 53 heavy (non-hydrogen) atoms. The topological polar surface area (TPSA) is 151 Å². The minimum absolute atomic E-state index is 0.0727. The molecule has 2 aliphatic heterocycles. The first-order valence-electron chi connectivity index (χ1n) is 20.8. The Balaban J connectivity index is 1.14. The molecule has 9 nitrogen and oxygen atoms in total. The zero-order valence-electron chi connectivity index (χ0n) is 32.5. The molecule has 5 N–H and O–H groups in total. The smallest absolute Gasteiger partial charge is 0.233 e. The Hall–Kier alpha value is -2.30. The molecular weight excluding hydrogens is 670 g/mol. The lowest BCUT2D eigenvalue weighted by Crippen LogP contribution is -2.63. The highest BCUT2D eigenvalue weighted by atomic mass is 16.6. The molecule has 2 saturated heterocycles. The van der Waals surface area contributed by atoms with Crippen LogP contribution in [0.4, 0.5) is 5.69 Å². The van der Waals surface area contributed by atoms with E-state index >= 15 is 0 Å². The number of epoxide rings is 1. The van der Waals surface area contributed by atoms with Crippen LogP contribution in [0.2, 0.25) is 0 Å². The molecule has 9 heteroatoms. The average molecular weight is 734 g/mol. The summed E-state index contributed by atoms with van der Waals surface area (Å²) in [5.41, 5.74) is -1.97. The number of amides is 1. The molecular formula is C44H63NO8. The molecule has 7 aliphatic rings. The van der Waals surface area contributed by atoms with Gasteiger partial charge in [-0.25, -0.2) is 0 Å². The van der Waals surface area contributed by atoms with Crippen molar-refractivity contribution in [2.75, 3.05) is 11.4 Å². The molecule has 1 aromatic carbocycles. The van der Waals surface area contributed by atoms with E-state index in [0.717, 1.165) is 43.2 Å². The number of fused-ring (bicyclic) bond motifs is 5. The first-order chi connectivity index (χ1) is 25.0. The molecule has 8 rings (SSSR count). The molecule has 2 heterocycles. The summed E-state index contributed by atoms with van der Waals surface area (Å²) in [5.74, 6) is -0.0515. The number of anilines is 1. The lowest BCUT2D eigenvalue weighted by molar-refractivity contribution is -0.168. The molecule has 6 fully saturated rings. The summed E-state index contributed by atoms with van der Waals surface area (Å²) < 4.78 is 6.29. The predicted octanol–water partition coefficient (Wildman–Crippen LogP) is 6.01. The van der Waals surface area contributed by atoms with Crippen LogP contribution in [0, 0.1) is 45.8 Å². The van der Waals surface area contributed by atoms with E-state index in [4.69, 9.17) is 4.74 Å². The minimum atomic E-state index is -1.37. The summed E-state index contributed by atoms with van der Waals surface area (Å²) in [4.78, 5) is 29.7. The molecule has 292 valence electrons. The van der Waals surface area contributed by atoms with Crippen LogP contribution in [-0.4, -0.2) is 79.4 Å². The number of aryl methyl sites for hydroxylation is 1. The standard InChI is InChI=1S/C44H63NO8/c1-25(2)26(3)37-38(53-37)41(5,51)36-11-16-44(52)31-22-33(47)32-23-34(48)35(49)24-40(32,4)30(31)10-15-43(36,44)14-9-27-19-28(21-29(46)20-27)45-18-17-42(39(45)50)12-7-6-8-13-42/h19-22,25-26,30,32,34-38,46,48-49,51-52H,6-18,23-24H2,1-5H3/t26-,30-,32-,34-,35+,36+,37-,38-,40-,41-,43-,44+/m1/s1. The van der Waals surface area contributed by atoms with Gasteiger partial charge in [0.25, 0.3) is 0 Å². The van der Waals surface area contributed by atoms with Crippen molar-refractivity contribution in [3.8, 4) is 5.75 Å². The van der Waals surface area contributed by atoms with Crippen molar-refractivity contribution >= 4 is 17.4 Å². The number of ether oxygens (including phenoxy) is 1. The average Bonchev–Trinajstić information content (AvgIpc) is 3.78. The molecule has 0 unspecified atom stereocenters. The van der Waals surface area contributed by atoms with Crippen LogP contribution in [0.5, 0.6) is 5.75 Å². The van der Waals surface area contributed by atoms with E-state index in [-0.39, 0.29) is 59.2 Å². The van der Waals surface area contributed by atoms with Crippen molar-refractivity contribution in [2.24, 2.45) is 45.8 Å². The van der Waals surface area contributed by atoms with E-state index in [0.29, 0.717) is 63.1 Å². The fourth-order valence-corrected chi connectivity index (χ4v) is 13.2. The number of phenols is 1. The second kappa shape index (κ2) is 12.9. The van der Waals surface area contributed by atoms with E-state index in [2.05, 4.69) is 27.7 Å². The Kier molecular flexibility index (Phi) is 9.13. The number of rotatable bonds is 8. The van der Waals surface area contributed by atoms with Gasteiger partial charge in [-0.1, -0.05) is 47.0 Å². The molecule has 0 aromatic heterocycles. The maximum absolute atomic E-state index is 14.0. The van der Waals surface area contributed by atoms with Gasteiger partial charge in [0, 0.05) is 29.6 Å². The Morgan fingerprint density at radius 2 is 1.70 bits per heavy atom. The molecule has 1 spiro atoms.